The molecule has 0 bridgehead atoms. The van der Waals surface area contributed by atoms with E-state index in [1.165, 1.54) is 16.0 Å². The first-order valence-corrected chi connectivity index (χ1v) is 10.6. The predicted molar refractivity (Wildman–Crippen MR) is 117 cm³/mol. The lowest BCUT2D eigenvalue weighted by Gasteiger charge is -2.10. The average molecular weight is 489 g/mol. The molecule has 0 aliphatic rings. The van der Waals surface area contributed by atoms with Crippen molar-refractivity contribution in [2.24, 2.45) is 0 Å². The van der Waals surface area contributed by atoms with E-state index >= 15 is 0 Å². The standard InChI is InChI=1S/C20H15Br2N3S/c1-2-16-17(12-7-9-13(21)10-8-12)18-19(23-11-24-20(18)26-16)25-15-6-4-3-5-14(15)22/h3-11H,2H2,1H3,(H,23,24,25). The molecule has 0 saturated heterocycles. The van der Waals surface area contributed by atoms with Crippen LogP contribution in [0.15, 0.2) is 63.8 Å². The molecule has 0 aliphatic carbocycles. The highest BCUT2D eigenvalue weighted by Gasteiger charge is 2.18. The highest BCUT2D eigenvalue weighted by atomic mass is 79.9. The molecule has 4 aromatic rings. The van der Waals surface area contributed by atoms with Gasteiger partial charge in [-0.25, -0.2) is 9.97 Å². The molecule has 2 aromatic heterocycles. The summed E-state index contributed by atoms with van der Waals surface area (Å²) in [4.78, 5) is 11.4. The third kappa shape index (κ3) is 3.29. The van der Waals surface area contributed by atoms with Crippen LogP contribution in [0.25, 0.3) is 21.3 Å². The van der Waals surface area contributed by atoms with Crippen LogP contribution in [0, 0.1) is 0 Å². The Morgan fingerprint density at radius 1 is 1.00 bits per heavy atom. The fourth-order valence-corrected chi connectivity index (χ4v) is 4.68. The van der Waals surface area contributed by atoms with Gasteiger partial charge in [-0.1, -0.05) is 47.1 Å². The van der Waals surface area contributed by atoms with Crippen LogP contribution in [-0.2, 0) is 6.42 Å². The van der Waals surface area contributed by atoms with Gasteiger partial charge in [0.15, 0.2) is 0 Å². The summed E-state index contributed by atoms with van der Waals surface area (Å²) in [6.45, 7) is 2.18. The fourth-order valence-electron chi connectivity index (χ4n) is 2.94. The Morgan fingerprint density at radius 3 is 2.50 bits per heavy atom. The summed E-state index contributed by atoms with van der Waals surface area (Å²) in [6.07, 6.45) is 2.59. The number of hydrogen-bond acceptors (Lipinski definition) is 4. The van der Waals surface area contributed by atoms with Gasteiger partial charge in [0, 0.05) is 19.4 Å². The maximum Gasteiger partial charge on any atom is 0.143 e. The highest BCUT2D eigenvalue weighted by molar-refractivity contribution is 9.10. The van der Waals surface area contributed by atoms with E-state index in [0.717, 1.165) is 37.1 Å². The van der Waals surface area contributed by atoms with Crippen LogP contribution in [0.2, 0.25) is 0 Å². The van der Waals surface area contributed by atoms with Crippen molar-refractivity contribution >= 4 is 64.9 Å². The zero-order valence-electron chi connectivity index (χ0n) is 14.0. The van der Waals surface area contributed by atoms with Gasteiger partial charge in [0.05, 0.1) is 11.1 Å². The number of halogens is 2. The smallest absolute Gasteiger partial charge is 0.143 e. The van der Waals surface area contributed by atoms with E-state index in [1.807, 2.05) is 24.3 Å². The summed E-state index contributed by atoms with van der Waals surface area (Å²) in [5.74, 6) is 0.829. The Balaban J connectivity index is 1.93. The maximum absolute atomic E-state index is 4.55. The molecule has 26 heavy (non-hydrogen) atoms. The molecular weight excluding hydrogens is 474 g/mol. The first-order chi connectivity index (χ1) is 12.7. The maximum atomic E-state index is 4.55. The van der Waals surface area contributed by atoms with Crippen molar-refractivity contribution in [3.63, 3.8) is 0 Å². The van der Waals surface area contributed by atoms with Gasteiger partial charge in [-0.2, -0.15) is 0 Å². The van der Waals surface area contributed by atoms with Crippen molar-refractivity contribution in [2.75, 3.05) is 5.32 Å². The third-order valence-corrected chi connectivity index (χ3v) is 6.60. The van der Waals surface area contributed by atoms with Crippen LogP contribution in [0.1, 0.15) is 11.8 Å². The van der Waals surface area contributed by atoms with Crippen LogP contribution >= 0.6 is 43.2 Å². The molecule has 0 unspecified atom stereocenters. The number of fused-ring (bicyclic) bond motifs is 1. The highest BCUT2D eigenvalue weighted by Crippen LogP contribution is 2.42. The molecule has 0 saturated carbocycles. The number of hydrogen-bond donors (Lipinski definition) is 1. The summed E-state index contributed by atoms with van der Waals surface area (Å²) in [7, 11) is 0. The van der Waals surface area contributed by atoms with Gasteiger partial charge in [-0.05, 0) is 52.2 Å². The molecule has 0 fully saturated rings. The molecule has 6 heteroatoms. The number of anilines is 2. The molecule has 0 atom stereocenters. The Kier molecular flexibility index (Phi) is 5.07. The zero-order chi connectivity index (χ0) is 18.1. The summed E-state index contributed by atoms with van der Waals surface area (Å²) in [5.41, 5.74) is 3.38. The van der Waals surface area contributed by atoms with E-state index in [1.54, 1.807) is 17.7 Å². The van der Waals surface area contributed by atoms with Crippen molar-refractivity contribution in [1.29, 1.82) is 0 Å². The van der Waals surface area contributed by atoms with Crippen LogP contribution in [0.3, 0.4) is 0 Å². The lowest BCUT2D eigenvalue weighted by molar-refractivity contribution is 1.19. The zero-order valence-corrected chi connectivity index (χ0v) is 18.0. The van der Waals surface area contributed by atoms with E-state index in [2.05, 4.69) is 78.3 Å². The lowest BCUT2D eigenvalue weighted by atomic mass is 10.0. The number of rotatable bonds is 4. The second kappa shape index (κ2) is 7.47. The van der Waals surface area contributed by atoms with E-state index < -0.39 is 0 Å². The monoisotopic (exact) mass is 487 g/mol. The molecule has 0 aliphatic heterocycles. The van der Waals surface area contributed by atoms with E-state index in [-0.39, 0.29) is 0 Å². The normalized spacial score (nSPS) is 11.0. The lowest BCUT2D eigenvalue weighted by Crippen LogP contribution is -1.96. The first kappa shape index (κ1) is 17.6. The van der Waals surface area contributed by atoms with Gasteiger partial charge in [0.1, 0.15) is 17.0 Å². The number of nitrogens with one attached hydrogen (secondary N) is 1. The van der Waals surface area contributed by atoms with Gasteiger partial charge < -0.3 is 5.32 Å². The van der Waals surface area contributed by atoms with Gasteiger partial charge in [0.2, 0.25) is 0 Å². The second-order valence-corrected chi connectivity index (χ2v) is 8.62. The number of benzene rings is 2. The summed E-state index contributed by atoms with van der Waals surface area (Å²) in [6, 6.07) is 16.5. The van der Waals surface area contributed by atoms with Crippen LogP contribution in [-0.4, -0.2) is 9.97 Å². The Labute approximate surface area is 172 Å². The quantitative estimate of drug-likeness (QED) is 0.330. The van der Waals surface area contributed by atoms with Gasteiger partial charge in [0.25, 0.3) is 0 Å². The number of thiophene rings is 1. The molecule has 130 valence electrons. The Hall–Kier alpha value is -1.76. The van der Waals surface area contributed by atoms with Crippen molar-refractivity contribution in [3.05, 3.63) is 68.7 Å². The number of para-hydroxylation sites is 1. The van der Waals surface area contributed by atoms with Gasteiger partial charge >= 0.3 is 0 Å². The molecule has 2 heterocycles. The van der Waals surface area contributed by atoms with Crippen LogP contribution in [0.4, 0.5) is 11.5 Å². The Bertz CT molecular complexity index is 1070. The summed E-state index contributed by atoms with van der Waals surface area (Å²) in [5, 5.41) is 4.55. The van der Waals surface area contributed by atoms with Crippen molar-refractivity contribution in [2.45, 2.75) is 13.3 Å². The second-order valence-electron chi connectivity index (χ2n) is 5.77. The molecule has 4 rings (SSSR count). The van der Waals surface area contributed by atoms with E-state index in [0.29, 0.717) is 0 Å². The van der Waals surface area contributed by atoms with E-state index in [4.69, 9.17) is 0 Å². The molecule has 3 nitrogen and oxygen atoms in total. The molecule has 0 amide bonds. The van der Waals surface area contributed by atoms with Crippen LogP contribution in [0.5, 0.6) is 0 Å². The van der Waals surface area contributed by atoms with E-state index in [9.17, 15) is 0 Å². The minimum Gasteiger partial charge on any atom is -0.339 e. The van der Waals surface area contributed by atoms with Crippen molar-refractivity contribution in [1.82, 2.24) is 9.97 Å². The molecule has 0 spiro atoms. The third-order valence-electron chi connectivity index (χ3n) is 4.14. The van der Waals surface area contributed by atoms with Crippen LogP contribution < -0.4 is 5.32 Å². The van der Waals surface area contributed by atoms with Gasteiger partial charge in [-0.15, -0.1) is 11.3 Å². The average Bonchev–Trinajstić information content (AvgIpc) is 3.04. The Morgan fingerprint density at radius 2 is 1.77 bits per heavy atom. The van der Waals surface area contributed by atoms with Crippen molar-refractivity contribution < 1.29 is 0 Å². The summed E-state index contributed by atoms with van der Waals surface area (Å²) >= 11 is 8.86. The number of nitrogens with zero attached hydrogens (tertiary/aromatic N) is 2. The predicted octanol–water partition coefficient (Wildman–Crippen LogP) is 7.19. The molecule has 0 radical (unpaired) electrons. The minimum atomic E-state index is 0.829. The minimum absolute atomic E-state index is 0.829. The molecular formula is C20H15Br2N3S. The number of aromatic nitrogens is 2. The molecule has 2 aromatic carbocycles. The van der Waals surface area contributed by atoms with Crippen molar-refractivity contribution in [3.8, 4) is 11.1 Å². The van der Waals surface area contributed by atoms with Gasteiger partial charge in [-0.3, -0.25) is 0 Å². The largest absolute Gasteiger partial charge is 0.339 e. The number of aryl methyl sites for hydroxylation is 1. The summed E-state index contributed by atoms with van der Waals surface area (Å²) < 4.78 is 2.07. The first-order valence-electron chi connectivity index (χ1n) is 8.21. The SMILES string of the molecule is CCc1sc2ncnc(Nc3ccccc3Br)c2c1-c1ccc(Br)cc1. The topological polar surface area (TPSA) is 37.8 Å². The fraction of sp³-hybridized carbons (Fsp3) is 0.100. The molecule has 1 N–H and O–H groups in total.